The van der Waals surface area contributed by atoms with E-state index in [1.165, 1.54) is 32.1 Å². The molecular weight excluding hydrogens is 144 g/mol. The Bertz CT molecular complexity index is 108. The van der Waals surface area contributed by atoms with Gasteiger partial charge in [-0.25, -0.2) is 0 Å². The Morgan fingerprint density at radius 2 is 1.70 bits per heavy atom. The Morgan fingerprint density at radius 3 is 2.20 bits per heavy atom. The van der Waals surface area contributed by atoms with Crippen LogP contribution in [0.2, 0.25) is 0 Å². The molecule has 2 rings (SSSR count). The average Bonchev–Trinajstić information content (AvgIpc) is 1.86. The van der Waals surface area contributed by atoms with E-state index in [2.05, 4.69) is 0 Å². The third kappa shape index (κ3) is 1.26. The van der Waals surface area contributed by atoms with E-state index in [1.54, 1.807) is 0 Å². The van der Waals surface area contributed by atoms with E-state index in [1.807, 2.05) is 0 Å². The molecule has 10 heavy (non-hydrogen) atoms. The molecule has 58 valence electrons. The fourth-order valence-electron chi connectivity index (χ4n) is 1.83. The van der Waals surface area contributed by atoms with Gasteiger partial charge in [0, 0.05) is 5.92 Å². The summed E-state index contributed by atoms with van der Waals surface area (Å²) in [5, 5.41) is 0. The van der Waals surface area contributed by atoms with Crippen molar-refractivity contribution in [1.29, 1.82) is 0 Å². The van der Waals surface area contributed by atoms with Crippen molar-refractivity contribution in [2.45, 2.75) is 38.4 Å². The molecule has 0 spiro atoms. The Hall–Kier alpha value is 0.137. The highest BCUT2D eigenvalue weighted by molar-refractivity contribution is 6.20. The highest BCUT2D eigenvalue weighted by atomic mass is 28.3. The molecule has 1 aliphatic heterocycles. The van der Waals surface area contributed by atoms with Gasteiger partial charge in [-0.2, -0.15) is 0 Å². The maximum Gasteiger partial charge on any atom is 0.308 e. The van der Waals surface area contributed by atoms with Gasteiger partial charge in [0.15, 0.2) is 0 Å². The van der Waals surface area contributed by atoms with Gasteiger partial charge in [-0.05, 0) is 12.8 Å². The lowest BCUT2D eigenvalue weighted by Crippen LogP contribution is -2.40. The van der Waals surface area contributed by atoms with Crippen molar-refractivity contribution in [3.63, 3.8) is 0 Å². The summed E-state index contributed by atoms with van der Waals surface area (Å²) in [5.41, 5.74) is 0. The van der Waals surface area contributed by atoms with Crippen LogP contribution in [0.5, 0.6) is 0 Å². The topological polar surface area (TPSA) is 18.5 Å². The van der Waals surface area contributed by atoms with Crippen LogP contribution >= 0.6 is 0 Å². The predicted molar refractivity (Wildman–Crippen MR) is 41.1 cm³/mol. The van der Waals surface area contributed by atoms with Crippen LogP contribution in [-0.2, 0) is 8.85 Å². The average molecular weight is 158 g/mol. The minimum absolute atomic E-state index is 0.229. The Morgan fingerprint density at radius 1 is 1.00 bits per heavy atom. The Balaban J connectivity index is 1.78. The van der Waals surface area contributed by atoms with Gasteiger partial charge in [-0.3, -0.25) is 0 Å². The van der Waals surface area contributed by atoms with Gasteiger partial charge < -0.3 is 8.85 Å². The third-order valence-corrected chi connectivity index (χ3v) is 3.43. The fraction of sp³-hybridized carbons (Fsp3) is 1.00. The van der Waals surface area contributed by atoms with Gasteiger partial charge in [0.05, 0.1) is 0 Å². The van der Waals surface area contributed by atoms with Crippen LogP contribution < -0.4 is 0 Å². The zero-order valence-electron chi connectivity index (χ0n) is 6.21. The monoisotopic (exact) mass is 158 g/mol. The maximum absolute atomic E-state index is 5.39. The molecule has 2 aliphatic rings. The molecule has 2 nitrogen and oxygen atoms in total. The van der Waals surface area contributed by atoms with E-state index in [0.717, 1.165) is 5.92 Å². The van der Waals surface area contributed by atoms with E-state index >= 15 is 0 Å². The Kier molecular flexibility index (Phi) is 2.07. The van der Waals surface area contributed by atoms with E-state index < -0.39 is 10.0 Å². The number of hydrogen-bond donors (Lipinski definition) is 0. The third-order valence-electron chi connectivity index (χ3n) is 2.50. The highest BCUT2D eigenvalue weighted by Gasteiger charge is 2.29. The van der Waals surface area contributed by atoms with Crippen molar-refractivity contribution < 1.29 is 8.85 Å². The molecule has 1 saturated carbocycles. The standard InChI is InChI=1S/C7H14O2Si/c1-2-4-6(5-3-1)7-8-10-9-7/h6-7H,1-5,10H2. The molecule has 2 fully saturated rings. The molecule has 0 radical (unpaired) electrons. The summed E-state index contributed by atoms with van der Waals surface area (Å²) in [5.74, 6) is 0.745. The quantitative estimate of drug-likeness (QED) is 0.529. The van der Waals surface area contributed by atoms with Crippen molar-refractivity contribution in [2.24, 2.45) is 5.92 Å². The second-order valence-corrected chi connectivity index (χ2v) is 4.12. The van der Waals surface area contributed by atoms with E-state index in [0.29, 0.717) is 0 Å². The molecule has 0 aromatic rings. The Labute approximate surface area is 64.0 Å². The second kappa shape index (κ2) is 3.03. The molecular formula is C7H14O2Si. The van der Waals surface area contributed by atoms with Crippen LogP contribution in [0.3, 0.4) is 0 Å². The summed E-state index contributed by atoms with van der Waals surface area (Å²) in [6.07, 6.45) is 7.08. The first-order valence-electron chi connectivity index (χ1n) is 4.20. The molecule has 1 aliphatic carbocycles. The SMILES string of the molecule is C1CCC(C2O[SiH2]O2)CC1. The van der Waals surface area contributed by atoms with Gasteiger partial charge in [0.2, 0.25) is 0 Å². The predicted octanol–water partition coefficient (Wildman–Crippen LogP) is 0.938. The zero-order valence-corrected chi connectivity index (χ0v) is 7.63. The summed E-state index contributed by atoms with van der Waals surface area (Å²) >= 11 is 0. The van der Waals surface area contributed by atoms with Crippen LogP contribution in [-0.4, -0.2) is 16.3 Å². The van der Waals surface area contributed by atoms with Gasteiger partial charge in [0.25, 0.3) is 0 Å². The van der Waals surface area contributed by atoms with Crippen molar-refractivity contribution in [2.75, 3.05) is 0 Å². The summed E-state index contributed by atoms with van der Waals surface area (Å²) in [6.45, 7) is 0. The summed E-state index contributed by atoms with van der Waals surface area (Å²) in [6, 6.07) is 0. The molecule has 0 atom stereocenters. The normalized spacial score (nSPS) is 37.8. The minimum atomic E-state index is -0.487. The molecule has 0 aromatic heterocycles. The first kappa shape index (κ1) is 6.82. The summed E-state index contributed by atoms with van der Waals surface area (Å²) in [7, 11) is -0.487. The van der Waals surface area contributed by atoms with Crippen molar-refractivity contribution in [3.05, 3.63) is 0 Å². The smallest absolute Gasteiger partial charge is 0.308 e. The largest absolute Gasteiger partial charge is 0.373 e. The van der Waals surface area contributed by atoms with E-state index in [-0.39, 0.29) is 6.29 Å². The lowest BCUT2D eigenvalue weighted by Gasteiger charge is -2.36. The fourth-order valence-corrected chi connectivity index (χ4v) is 2.66. The number of hydrogen-bond acceptors (Lipinski definition) is 2. The molecule has 0 amide bonds. The lowest BCUT2D eigenvalue weighted by atomic mass is 9.89. The summed E-state index contributed by atoms with van der Waals surface area (Å²) in [4.78, 5) is 0. The minimum Gasteiger partial charge on any atom is -0.373 e. The van der Waals surface area contributed by atoms with Gasteiger partial charge in [0.1, 0.15) is 6.29 Å². The van der Waals surface area contributed by atoms with Crippen molar-refractivity contribution >= 4 is 10.0 Å². The van der Waals surface area contributed by atoms with Crippen LogP contribution in [0.15, 0.2) is 0 Å². The first-order valence-corrected chi connectivity index (χ1v) is 5.35. The maximum atomic E-state index is 5.39. The first-order chi connectivity index (χ1) is 4.97. The molecule has 1 heterocycles. The van der Waals surface area contributed by atoms with Gasteiger partial charge in [-0.1, -0.05) is 19.3 Å². The van der Waals surface area contributed by atoms with Crippen molar-refractivity contribution in [1.82, 2.24) is 0 Å². The summed E-state index contributed by atoms with van der Waals surface area (Å²) < 4.78 is 10.8. The lowest BCUT2D eigenvalue weighted by molar-refractivity contribution is -0.139. The molecule has 3 heteroatoms. The number of rotatable bonds is 1. The van der Waals surface area contributed by atoms with Crippen LogP contribution in [0.4, 0.5) is 0 Å². The molecule has 0 N–H and O–H groups in total. The zero-order chi connectivity index (χ0) is 6.81. The molecule has 0 bridgehead atoms. The molecule has 1 saturated heterocycles. The molecule has 0 unspecified atom stereocenters. The van der Waals surface area contributed by atoms with Crippen LogP contribution in [0, 0.1) is 5.92 Å². The van der Waals surface area contributed by atoms with E-state index in [9.17, 15) is 0 Å². The van der Waals surface area contributed by atoms with Gasteiger partial charge >= 0.3 is 10.0 Å². The second-order valence-electron chi connectivity index (χ2n) is 3.22. The van der Waals surface area contributed by atoms with Crippen LogP contribution in [0.1, 0.15) is 32.1 Å². The van der Waals surface area contributed by atoms with Gasteiger partial charge in [-0.15, -0.1) is 0 Å². The van der Waals surface area contributed by atoms with Crippen molar-refractivity contribution in [3.8, 4) is 0 Å². The van der Waals surface area contributed by atoms with Crippen LogP contribution in [0.25, 0.3) is 0 Å². The highest BCUT2D eigenvalue weighted by Crippen LogP contribution is 2.30. The van der Waals surface area contributed by atoms with E-state index in [4.69, 9.17) is 8.85 Å². The molecule has 0 aromatic carbocycles.